The SMILES string of the molecule is Cl.Cl.O=C(NCCC1CCCNC1)C1CCN(c2nc3ccccc3o2)CC1. The van der Waals surface area contributed by atoms with Crippen LogP contribution in [-0.2, 0) is 4.79 Å². The van der Waals surface area contributed by atoms with E-state index in [1.54, 1.807) is 0 Å². The number of amides is 1. The summed E-state index contributed by atoms with van der Waals surface area (Å²) in [7, 11) is 0. The molecule has 0 spiro atoms. The van der Waals surface area contributed by atoms with E-state index in [0.29, 0.717) is 11.9 Å². The van der Waals surface area contributed by atoms with Gasteiger partial charge in [0.15, 0.2) is 5.58 Å². The maximum atomic E-state index is 12.4. The molecule has 1 amide bonds. The Labute approximate surface area is 178 Å². The number of benzene rings is 1. The number of anilines is 1. The van der Waals surface area contributed by atoms with Crippen LogP contribution in [0.4, 0.5) is 6.01 Å². The van der Waals surface area contributed by atoms with E-state index in [1.807, 2.05) is 24.3 Å². The highest BCUT2D eigenvalue weighted by molar-refractivity contribution is 5.85. The zero-order valence-corrected chi connectivity index (χ0v) is 17.7. The Morgan fingerprint density at radius 3 is 2.71 bits per heavy atom. The van der Waals surface area contributed by atoms with Gasteiger partial charge in [0.1, 0.15) is 5.52 Å². The smallest absolute Gasteiger partial charge is 0.298 e. The largest absolute Gasteiger partial charge is 0.423 e. The van der Waals surface area contributed by atoms with Gasteiger partial charge in [0, 0.05) is 25.6 Å². The summed E-state index contributed by atoms with van der Waals surface area (Å²) < 4.78 is 5.84. The molecule has 0 bridgehead atoms. The fourth-order valence-electron chi connectivity index (χ4n) is 4.04. The number of hydrogen-bond donors (Lipinski definition) is 2. The van der Waals surface area contributed by atoms with Crippen molar-refractivity contribution in [3.05, 3.63) is 24.3 Å². The molecule has 156 valence electrons. The van der Waals surface area contributed by atoms with Gasteiger partial charge in [-0.15, -0.1) is 24.8 Å². The van der Waals surface area contributed by atoms with Gasteiger partial charge >= 0.3 is 0 Å². The van der Waals surface area contributed by atoms with Crippen LogP contribution in [0.15, 0.2) is 28.7 Å². The lowest BCUT2D eigenvalue weighted by atomic mass is 9.94. The lowest BCUT2D eigenvalue weighted by Gasteiger charge is -2.30. The summed E-state index contributed by atoms with van der Waals surface area (Å²) in [6, 6.07) is 8.50. The Morgan fingerprint density at radius 1 is 1.21 bits per heavy atom. The number of hydrogen-bond acceptors (Lipinski definition) is 5. The van der Waals surface area contributed by atoms with Crippen molar-refractivity contribution in [2.45, 2.75) is 32.1 Å². The number of nitrogens with zero attached hydrogens (tertiary/aromatic N) is 2. The summed E-state index contributed by atoms with van der Waals surface area (Å²) in [4.78, 5) is 19.2. The van der Waals surface area contributed by atoms with Gasteiger partial charge in [0.05, 0.1) is 0 Å². The van der Waals surface area contributed by atoms with Crippen LogP contribution in [0, 0.1) is 11.8 Å². The molecule has 3 heterocycles. The zero-order valence-electron chi connectivity index (χ0n) is 16.1. The molecule has 2 saturated heterocycles. The summed E-state index contributed by atoms with van der Waals surface area (Å²) in [6.07, 6.45) is 5.34. The topological polar surface area (TPSA) is 70.4 Å². The maximum absolute atomic E-state index is 12.4. The molecule has 2 fully saturated rings. The average molecular weight is 429 g/mol. The van der Waals surface area contributed by atoms with Crippen LogP contribution in [0.2, 0.25) is 0 Å². The van der Waals surface area contributed by atoms with Crippen molar-refractivity contribution in [1.82, 2.24) is 15.6 Å². The number of rotatable bonds is 5. The molecule has 2 aliphatic heterocycles. The standard InChI is InChI=1S/C20H28N4O2.2ClH/c25-19(22-11-7-15-4-3-10-21-14-15)16-8-12-24(13-9-16)20-23-17-5-1-2-6-18(17)26-20;;/h1-2,5-6,15-16,21H,3-4,7-14H2,(H,22,25);2*1H. The van der Waals surface area contributed by atoms with Gasteiger partial charge in [-0.3, -0.25) is 4.79 Å². The number of nitrogens with one attached hydrogen (secondary N) is 2. The number of halogens is 2. The first-order valence-electron chi connectivity index (χ1n) is 9.88. The van der Waals surface area contributed by atoms with E-state index in [-0.39, 0.29) is 36.6 Å². The molecule has 28 heavy (non-hydrogen) atoms. The monoisotopic (exact) mass is 428 g/mol. The molecule has 2 N–H and O–H groups in total. The molecule has 1 unspecified atom stereocenters. The Morgan fingerprint density at radius 2 is 2.00 bits per heavy atom. The average Bonchev–Trinajstić information content (AvgIpc) is 3.13. The third-order valence-electron chi connectivity index (χ3n) is 5.67. The first-order chi connectivity index (χ1) is 12.8. The summed E-state index contributed by atoms with van der Waals surface area (Å²) in [5, 5.41) is 6.58. The summed E-state index contributed by atoms with van der Waals surface area (Å²) in [5.74, 6) is 1.04. The van der Waals surface area contributed by atoms with Crippen molar-refractivity contribution >= 4 is 47.8 Å². The molecule has 2 aliphatic rings. The minimum absolute atomic E-state index is 0. The number of piperidine rings is 2. The number of carbonyl (C=O) groups excluding carboxylic acids is 1. The molecule has 8 heteroatoms. The molecule has 0 aliphatic carbocycles. The Bertz CT molecular complexity index is 708. The number of carbonyl (C=O) groups is 1. The molecule has 1 atom stereocenters. The van der Waals surface area contributed by atoms with Crippen LogP contribution >= 0.6 is 24.8 Å². The molecule has 6 nitrogen and oxygen atoms in total. The van der Waals surface area contributed by atoms with Crippen LogP contribution in [0.3, 0.4) is 0 Å². The van der Waals surface area contributed by atoms with Crippen LogP contribution in [0.5, 0.6) is 0 Å². The van der Waals surface area contributed by atoms with Gasteiger partial charge < -0.3 is 20.0 Å². The minimum Gasteiger partial charge on any atom is -0.423 e. The van der Waals surface area contributed by atoms with Gasteiger partial charge in [0.2, 0.25) is 5.91 Å². The predicted octanol–water partition coefficient (Wildman–Crippen LogP) is 3.39. The number of aromatic nitrogens is 1. The van der Waals surface area contributed by atoms with E-state index >= 15 is 0 Å². The van der Waals surface area contributed by atoms with Crippen LogP contribution in [0.25, 0.3) is 11.1 Å². The zero-order chi connectivity index (χ0) is 17.8. The van der Waals surface area contributed by atoms with Crippen LogP contribution in [0.1, 0.15) is 32.1 Å². The van der Waals surface area contributed by atoms with Crippen LogP contribution < -0.4 is 15.5 Å². The highest BCUT2D eigenvalue weighted by atomic mass is 35.5. The molecule has 1 aromatic carbocycles. The molecular formula is C20H30Cl2N4O2. The van der Waals surface area contributed by atoms with Crippen molar-refractivity contribution < 1.29 is 9.21 Å². The Balaban J connectivity index is 0.00000140. The highest BCUT2D eigenvalue weighted by Crippen LogP contribution is 2.26. The van der Waals surface area contributed by atoms with E-state index in [9.17, 15) is 4.79 Å². The second kappa shape index (κ2) is 10.9. The molecule has 2 aromatic rings. The Hall–Kier alpha value is -1.50. The van der Waals surface area contributed by atoms with E-state index < -0.39 is 0 Å². The predicted molar refractivity (Wildman–Crippen MR) is 117 cm³/mol. The quantitative estimate of drug-likeness (QED) is 0.763. The van der Waals surface area contributed by atoms with Gasteiger partial charge in [-0.2, -0.15) is 4.98 Å². The van der Waals surface area contributed by atoms with Gasteiger partial charge in [-0.1, -0.05) is 12.1 Å². The van der Waals surface area contributed by atoms with E-state index in [2.05, 4.69) is 20.5 Å². The third-order valence-corrected chi connectivity index (χ3v) is 5.67. The fraction of sp³-hybridized carbons (Fsp3) is 0.600. The van der Waals surface area contributed by atoms with Gasteiger partial charge in [-0.25, -0.2) is 0 Å². The maximum Gasteiger partial charge on any atom is 0.298 e. The molecule has 1 aromatic heterocycles. The minimum atomic E-state index is 0. The number of para-hydroxylation sites is 2. The first-order valence-corrected chi connectivity index (χ1v) is 9.88. The molecule has 0 radical (unpaired) electrons. The second-order valence-electron chi connectivity index (χ2n) is 7.52. The molecular weight excluding hydrogens is 399 g/mol. The van der Waals surface area contributed by atoms with Crippen molar-refractivity contribution in [2.75, 3.05) is 37.6 Å². The van der Waals surface area contributed by atoms with Crippen molar-refractivity contribution in [2.24, 2.45) is 11.8 Å². The Kier molecular flexibility index (Phi) is 8.86. The normalized spacial score (nSPS) is 20.3. The van der Waals surface area contributed by atoms with Crippen LogP contribution in [-0.4, -0.2) is 43.6 Å². The molecule has 0 saturated carbocycles. The number of fused-ring (bicyclic) bond motifs is 1. The highest BCUT2D eigenvalue weighted by Gasteiger charge is 2.27. The van der Waals surface area contributed by atoms with E-state index in [1.165, 1.54) is 12.8 Å². The van der Waals surface area contributed by atoms with E-state index in [0.717, 1.165) is 63.1 Å². The number of oxazole rings is 1. The lowest BCUT2D eigenvalue weighted by molar-refractivity contribution is -0.125. The van der Waals surface area contributed by atoms with Gasteiger partial charge in [0.25, 0.3) is 6.01 Å². The van der Waals surface area contributed by atoms with Crippen molar-refractivity contribution in [3.63, 3.8) is 0 Å². The first kappa shape index (κ1) is 22.8. The van der Waals surface area contributed by atoms with Crippen molar-refractivity contribution in [3.8, 4) is 0 Å². The fourth-order valence-corrected chi connectivity index (χ4v) is 4.04. The van der Waals surface area contributed by atoms with E-state index in [4.69, 9.17) is 4.42 Å². The summed E-state index contributed by atoms with van der Waals surface area (Å²) in [6.45, 7) is 4.67. The van der Waals surface area contributed by atoms with Crippen molar-refractivity contribution in [1.29, 1.82) is 0 Å². The second-order valence-corrected chi connectivity index (χ2v) is 7.52. The van der Waals surface area contributed by atoms with Gasteiger partial charge in [-0.05, 0) is 63.2 Å². The lowest BCUT2D eigenvalue weighted by Crippen LogP contribution is -2.41. The third kappa shape index (κ3) is 5.52. The summed E-state index contributed by atoms with van der Waals surface area (Å²) >= 11 is 0. The molecule has 4 rings (SSSR count). The summed E-state index contributed by atoms with van der Waals surface area (Å²) in [5.41, 5.74) is 1.71.